The summed E-state index contributed by atoms with van der Waals surface area (Å²) in [7, 11) is 0. The van der Waals surface area contributed by atoms with Crippen LogP contribution in [0.15, 0.2) is 23.8 Å². The molecule has 4 nitrogen and oxygen atoms in total. The lowest BCUT2D eigenvalue weighted by atomic mass is 9.97. The molecule has 112 valence electrons. The number of rotatable bonds is 4. The van der Waals surface area contributed by atoms with Crippen LogP contribution in [0.5, 0.6) is 0 Å². The lowest BCUT2D eigenvalue weighted by Crippen LogP contribution is -2.14. The molecule has 1 aromatic rings. The fraction of sp³-hybridized carbons (Fsp3) is 0.412. The zero-order valence-corrected chi connectivity index (χ0v) is 12.5. The zero-order valence-electron chi connectivity index (χ0n) is 12.5. The molecule has 0 bridgehead atoms. The maximum Gasteiger partial charge on any atom is 0.336 e. The molecule has 0 heterocycles. The molecule has 1 aliphatic rings. The average molecular weight is 287 g/mol. The number of benzene rings is 1. The van der Waals surface area contributed by atoms with Gasteiger partial charge in [0.2, 0.25) is 5.91 Å². The summed E-state index contributed by atoms with van der Waals surface area (Å²) in [5, 5.41) is 12.0. The van der Waals surface area contributed by atoms with E-state index in [2.05, 4.69) is 11.4 Å². The lowest BCUT2D eigenvalue weighted by molar-refractivity contribution is -0.115. The molecular formula is C17H21NO3. The number of anilines is 1. The van der Waals surface area contributed by atoms with Crippen molar-refractivity contribution in [3.05, 3.63) is 40.5 Å². The zero-order chi connectivity index (χ0) is 15.4. The fourth-order valence-corrected chi connectivity index (χ4v) is 2.63. The van der Waals surface area contributed by atoms with Gasteiger partial charge in [-0.2, -0.15) is 0 Å². The van der Waals surface area contributed by atoms with Gasteiger partial charge in [-0.05, 0) is 62.8 Å². The van der Waals surface area contributed by atoms with Crippen LogP contribution in [0.1, 0.15) is 53.6 Å². The Hall–Kier alpha value is -2.10. The molecule has 0 spiro atoms. The summed E-state index contributed by atoms with van der Waals surface area (Å²) in [6.45, 7) is 3.62. The van der Waals surface area contributed by atoms with Crippen LogP contribution in [0.3, 0.4) is 0 Å². The van der Waals surface area contributed by atoms with Gasteiger partial charge in [-0.25, -0.2) is 4.79 Å². The summed E-state index contributed by atoms with van der Waals surface area (Å²) in [6.07, 6.45) is 6.92. The van der Waals surface area contributed by atoms with Crippen LogP contribution >= 0.6 is 0 Å². The molecule has 21 heavy (non-hydrogen) atoms. The van der Waals surface area contributed by atoms with Gasteiger partial charge in [-0.15, -0.1) is 0 Å². The third-order valence-corrected chi connectivity index (χ3v) is 3.95. The number of carboxylic acid groups (broad SMARTS) is 1. The highest BCUT2D eigenvalue weighted by Crippen LogP contribution is 2.23. The standard InChI is InChI=1S/C17H21NO3/c1-11-8-14(10-15(12(11)2)17(20)21)18-16(19)9-13-6-4-3-5-7-13/h6,8,10H,3-5,7,9H2,1-2H3,(H,18,19)(H,20,21). The van der Waals surface area contributed by atoms with Gasteiger partial charge in [0.25, 0.3) is 0 Å². The third kappa shape index (κ3) is 3.94. The van der Waals surface area contributed by atoms with Gasteiger partial charge >= 0.3 is 5.97 Å². The molecule has 0 saturated carbocycles. The van der Waals surface area contributed by atoms with Gasteiger partial charge in [0.1, 0.15) is 0 Å². The minimum absolute atomic E-state index is 0.0808. The van der Waals surface area contributed by atoms with E-state index in [1.807, 2.05) is 13.0 Å². The highest BCUT2D eigenvalue weighted by atomic mass is 16.4. The molecule has 1 amide bonds. The van der Waals surface area contributed by atoms with Crippen LogP contribution < -0.4 is 5.32 Å². The second kappa shape index (κ2) is 6.57. The van der Waals surface area contributed by atoms with Gasteiger partial charge in [0.05, 0.1) is 5.56 Å². The largest absolute Gasteiger partial charge is 0.478 e. The monoisotopic (exact) mass is 287 g/mol. The number of amides is 1. The second-order valence-electron chi connectivity index (χ2n) is 5.60. The summed E-state index contributed by atoms with van der Waals surface area (Å²) in [5.41, 5.74) is 3.57. The first-order valence-corrected chi connectivity index (χ1v) is 7.29. The maximum absolute atomic E-state index is 12.1. The minimum atomic E-state index is -0.971. The van der Waals surface area contributed by atoms with Crippen molar-refractivity contribution in [2.45, 2.75) is 46.0 Å². The first-order valence-electron chi connectivity index (χ1n) is 7.29. The molecule has 0 fully saturated rings. The molecule has 0 atom stereocenters. The molecule has 0 unspecified atom stereocenters. The SMILES string of the molecule is Cc1cc(NC(=O)CC2=CCCCC2)cc(C(=O)O)c1C. The number of nitrogens with one attached hydrogen (secondary N) is 1. The number of carbonyl (C=O) groups is 2. The quantitative estimate of drug-likeness (QED) is 0.827. The van der Waals surface area contributed by atoms with E-state index in [0.717, 1.165) is 30.4 Å². The topological polar surface area (TPSA) is 66.4 Å². The van der Waals surface area contributed by atoms with Crippen LogP contribution in [0.4, 0.5) is 5.69 Å². The first-order chi connectivity index (χ1) is 9.97. The summed E-state index contributed by atoms with van der Waals surface area (Å²) in [6, 6.07) is 3.34. The van der Waals surface area contributed by atoms with Crippen molar-refractivity contribution in [2.75, 3.05) is 5.32 Å². The third-order valence-electron chi connectivity index (χ3n) is 3.95. The Kier molecular flexibility index (Phi) is 4.78. The Balaban J connectivity index is 2.10. The van der Waals surface area contributed by atoms with E-state index in [1.54, 1.807) is 6.92 Å². The van der Waals surface area contributed by atoms with Crippen LogP contribution in [-0.2, 0) is 4.79 Å². The van der Waals surface area contributed by atoms with Crippen molar-refractivity contribution in [3.63, 3.8) is 0 Å². The van der Waals surface area contributed by atoms with Crippen LogP contribution in [-0.4, -0.2) is 17.0 Å². The summed E-state index contributed by atoms with van der Waals surface area (Å²) < 4.78 is 0. The summed E-state index contributed by atoms with van der Waals surface area (Å²) in [5.74, 6) is -1.05. The predicted octanol–water partition coefficient (Wildman–Crippen LogP) is 3.83. The van der Waals surface area contributed by atoms with E-state index in [9.17, 15) is 14.7 Å². The van der Waals surface area contributed by atoms with E-state index in [-0.39, 0.29) is 11.5 Å². The number of allylic oxidation sites excluding steroid dienone is 1. The van der Waals surface area contributed by atoms with Crippen molar-refractivity contribution in [2.24, 2.45) is 0 Å². The van der Waals surface area contributed by atoms with E-state index < -0.39 is 5.97 Å². The number of carboxylic acids is 1. The lowest BCUT2D eigenvalue weighted by Gasteiger charge is -2.14. The molecule has 0 radical (unpaired) electrons. The molecule has 0 aliphatic heterocycles. The van der Waals surface area contributed by atoms with Gasteiger partial charge in [-0.1, -0.05) is 11.6 Å². The number of carbonyl (C=O) groups excluding carboxylic acids is 1. The van der Waals surface area contributed by atoms with Gasteiger partial charge in [-0.3, -0.25) is 4.79 Å². The van der Waals surface area contributed by atoms with Crippen molar-refractivity contribution in [3.8, 4) is 0 Å². The van der Waals surface area contributed by atoms with E-state index in [0.29, 0.717) is 12.1 Å². The minimum Gasteiger partial charge on any atom is -0.478 e. The van der Waals surface area contributed by atoms with E-state index in [4.69, 9.17) is 0 Å². The number of hydrogen-bond donors (Lipinski definition) is 2. The Labute approximate surface area is 124 Å². The Morgan fingerprint density at radius 1 is 1.24 bits per heavy atom. The number of hydrogen-bond acceptors (Lipinski definition) is 2. The van der Waals surface area contributed by atoms with E-state index in [1.165, 1.54) is 18.1 Å². The molecule has 2 N–H and O–H groups in total. The van der Waals surface area contributed by atoms with E-state index >= 15 is 0 Å². The highest BCUT2D eigenvalue weighted by Gasteiger charge is 2.13. The first kappa shape index (κ1) is 15.3. The molecule has 0 saturated heterocycles. The Morgan fingerprint density at radius 3 is 2.62 bits per heavy atom. The maximum atomic E-state index is 12.1. The van der Waals surface area contributed by atoms with Gasteiger partial charge < -0.3 is 10.4 Å². The Morgan fingerprint density at radius 2 is 2.00 bits per heavy atom. The van der Waals surface area contributed by atoms with Crippen LogP contribution in [0, 0.1) is 13.8 Å². The van der Waals surface area contributed by atoms with Gasteiger partial charge in [0.15, 0.2) is 0 Å². The van der Waals surface area contributed by atoms with Crippen molar-refractivity contribution in [1.29, 1.82) is 0 Å². The van der Waals surface area contributed by atoms with Crippen molar-refractivity contribution < 1.29 is 14.7 Å². The second-order valence-corrected chi connectivity index (χ2v) is 5.60. The van der Waals surface area contributed by atoms with Gasteiger partial charge in [0, 0.05) is 12.1 Å². The molecular weight excluding hydrogens is 266 g/mol. The van der Waals surface area contributed by atoms with Crippen molar-refractivity contribution in [1.82, 2.24) is 0 Å². The summed E-state index contributed by atoms with van der Waals surface area (Å²) >= 11 is 0. The summed E-state index contributed by atoms with van der Waals surface area (Å²) in [4.78, 5) is 23.3. The highest BCUT2D eigenvalue weighted by molar-refractivity contribution is 5.96. The van der Waals surface area contributed by atoms with Crippen molar-refractivity contribution >= 4 is 17.6 Å². The van der Waals surface area contributed by atoms with Crippen LogP contribution in [0.2, 0.25) is 0 Å². The normalized spacial score (nSPS) is 14.5. The molecule has 4 heteroatoms. The molecule has 0 aromatic heterocycles. The molecule has 1 aliphatic carbocycles. The molecule has 1 aromatic carbocycles. The predicted molar refractivity (Wildman–Crippen MR) is 82.7 cm³/mol. The Bertz CT molecular complexity index is 602. The average Bonchev–Trinajstić information content (AvgIpc) is 2.43. The molecule has 2 rings (SSSR count). The van der Waals surface area contributed by atoms with Crippen LogP contribution in [0.25, 0.3) is 0 Å². The number of aromatic carboxylic acids is 1. The number of aryl methyl sites for hydroxylation is 1. The smallest absolute Gasteiger partial charge is 0.336 e. The fourth-order valence-electron chi connectivity index (χ4n) is 2.63.